The smallest absolute Gasteiger partial charge is 0.342 e. The SMILES string of the molecule is COC(=O)c1c(F)c(Br)n(C)c1C. The molecule has 1 aromatic heterocycles. The van der Waals surface area contributed by atoms with Crippen LogP contribution in [0.3, 0.4) is 0 Å². The topological polar surface area (TPSA) is 31.2 Å². The number of carbonyl (C=O) groups is 1. The van der Waals surface area contributed by atoms with Gasteiger partial charge < -0.3 is 9.30 Å². The standard InChI is InChI=1S/C8H9BrFNO2/c1-4-5(8(12)13-3)6(10)7(9)11(4)2/h1-3H3. The number of hydrogen-bond donors (Lipinski definition) is 0. The Balaban J connectivity index is 3.37. The van der Waals surface area contributed by atoms with Crippen LogP contribution in [0.25, 0.3) is 0 Å². The number of aromatic nitrogens is 1. The molecule has 5 heteroatoms. The maximum absolute atomic E-state index is 13.4. The molecule has 0 N–H and O–H groups in total. The molecule has 72 valence electrons. The van der Waals surface area contributed by atoms with Gasteiger partial charge >= 0.3 is 5.97 Å². The lowest BCUT2D eigenvalue weighted by atomic mass is 10.2. The minimum Gasteiger partial charge on any atom is -0.465 e. The first kappa shape index (κ1) is 10.2. The van der Waals surface area contributed by atoms with Crippen molar-refractivity contribution in [1.82, 2.24) is 4.57 Å². The van der Waals surface area contributed by atoms with Gasteiger partial charge in [-0.05, 0) is 22.9 Å². The lowest BCUT2D eigenvalue weighted by Crippen LogP contribution is -2.04. The minimum absolute atomic E-state index is 0.0168. The number of ether oxygens (including phenoxy) is 1. The highest BCUT2D eigenvalue weighted by atomic mass is 79.9. The average molecular weight is 250 g/mol. The van der Waals surface area contributed by atoms with Crippen LogP contribution in [0.2, 0.25) is 0 Å². The molecule has 0 saturated heterocycles. The first-order valence-corrected chi connectivity index (χ1v) is 4.38. The Hall–Kier alpha value is -0.840. The van der Waals surface area contributed by atoms with E-state index in [0.29, 0.717) is 5.69 Å². The molecule has 0 radical (unpaired) electrons. The van der Waals surface area contributed by atoms with Crippen molar-refractivity contribution < 1.29 is 13.9 Å². The minimum atomic E-state index is -0.656. The Labute approximate surface area is 83.6 Å². The van der Waals surface area contributed by atoms with Crippen molar-refractivity contribution in [2.75, 3.05) is 7.11 Å². The molecule has 0 aromatic carbocycles. The Kier molecular flexibility index (Phi) is 2.75. The van der Waals surface area contributed by atoms with Gasteiger partial charge in [0.05, 0.1) is 7.11 Å². The molecule has 3 nitrogen and oxygen atoms in total. The quantitative estimate of drug-likeness (QED) is 0.714. The number of rotatable bonds is 1. The van der Waals surface area contributed by atoms with Gasteiger partial charge in [-0.1, -0.05) is 0 Å². The molecule has 1 heterocycles. The lowest BCUT2D eigenvalue weighted by molar-refractivity contribution is 0.0595. The van der Waals surface area contributed by atoms with E-state index in [-0.39, 0.29) is 10.2 Å². The molecule has 1 rings (SSSR count). The summed E-state index contributed by atoms with van der Waals surface area (Å²) in [5.41, 5.74) is 0.521. The lowest BCUT2D eigenvalue weighted by Gasteiger charge is -1.98. The molecule has 0 saturated carbocycles. The Morgan fingerprint density at radius 2 is 2.15 bits per heavy atom. The van der Waals surface area contributed by atoms with Crippen LogP contribution in [-0.4, -0.2) is 17.6 Å². The second-order valence-corrected chi connectivity index (χ2v) is 3.37. The zero-order valence-corrected chi connectivity index (χ0v) is 9.11. The molecule has 0 amide bonds. The van der Waals surface area contributed by atoms with Crippen molar-refractivity contribution in [2.45, 2.75) is 6.92 Å². The van der Waals surface area contributed by atoms with Gasteiger partial charge in [-0.15, -0.1) is 0 Å². The molecule has 0 aliphatic carbocycles. The largest absolute Gasteiger partial charge is 0.465 e. The van der Waals surface area contributed by atoms with Crippen molar-refractivity contribution in [1.29, 1.82) is 0 Å². The van der Waals surface area contributed by atoms with Crippen LogP contribution >= 0.6 is 15.9 Å². The number of esters is 1. The highest BCUT2D eigenvalue weighted by Crippen LogP contribution is 2.24. The second-order valence-electron chi connectivity index (χ2n) is 2.62. The van der Waals surface area contributed by atoms with Gasteiger partial charge in [-0.2, -0.15) is 0 Å². The summed E-state index contributed by atoms with van der Waals surface area (Å²) in [6.07, 6.45) is 0. The molecule has 0 atom stereocenters. The van der Waals surface area contributed by atoms with Gasteiger partial charge in [-0.25, -0.2) is 9.18 Å². The number of halogens is 2. The Morgan fingerprint density at radius 3 is 2.46 bits per heavy atom. The van der Waals surface area contributed by atoms with E-state index in [9.17, 15) is 9.18 Å². The number of hydrogen-bond acceptors (Lipinski definition) is 2. The van der Waals surface area contributed by atoms with Gasteiger partial charge in [0.25, 0.3) is 0 Å². The third kappa shape index (κ3) is 1.48. The summed E-state index contributed by atoms with van der Waals surface area (Å²) in [4.78, 5) is 11.1. The zero-order chi connectivity index (χ0) is 10.2. The summed E-state index contributed by atoms with van der Waals surface area (Å²) in [5.74, 6) is -1.23. The summed E-state index contributed by atoms with van der Waals surface area (Å²) >= 11 is 3.03. The first-order chi connectivity index (χ1) is 6.00. The fourth-order valence-corrected chi connectivity index (χ4v) is 1.53. The summed E-state index contributed by atoms with van der Waals surface area (Å²) in [6, 6.07) is 0. The van der Waals surface area contributed by atoms with E-state index in [1.807, 2.05) is 0 Å². The van der Waals surface area contributed by atoms with Crippen LogP contribution in [0.4, 0.5) is 4.39 Å². The molecule has 0 spiro atoms. The fourth-order valence-electron chi connectivity index (χ4n) is 1.06. The Bertz CT molecular complexity index is 334. The van der Waals surface area contributed by atoms with Gasteiger partial charge in [0, 0.05) is 12.7 Å². The summed E-state index contributed by atoms with van der Waals surface area (Å²) in [6.45, 7) is 1.65. The number of methoxy groups -OCH3 is 1. The predicted octanol–water partition coefficient (Wildman–Crippen LogP) is 2.02. The van der Waals surface area contributed by atoms with Crippen LogP contribution in [0.5, 0.6) is 0 Å². The molecule has 13 heavy (non-hydrogen) atoms. The summed E-state index contributed by atoms with van der Waals surface area (Å²) in [7, 11) is 2.89. The molecule has 0 bridgehead atoms. The van der Waals surface area contributed by atoms with E-state index in [1.54, 1.807) is 18.5 Å². The molecular formula is C8H9BrFNO2. The molecule has 0 aliphatic heterocycles. The average Bonchev–Trinajstić information content (AvgIpc) is 2.30. The van der Waals surface area contributed by atoms with E-state index < -0.39 is 11.8 Å². The van der Waals surface area contributed by atoms with Crippen LogP contribution in [0, 0.1) is 12.7 Å². The number of carbonyl (C=O) groups excluding carboxylic acids is 1. The Morgan fingerprint density at radius 1 is 1.62 bits per heavy atom. The van der Waals surface area contributed by atoms with E-state index >= 15 is 0 Å². The predicted molar refractivity (Wildman–Crippen MR) is 49.1 cm³/mol. The number of nitrogens with zero attached hydrogens (tertiary/aromatic N) is 1. The third-order valence-electron chi connectivity index (χ3n) is 1.95. The van der Waals surface area contributed by atoms with Crippen molar-refractivity contribution in [3.63, 3.8) is 0 Å². The normalized spacial score (nSPS) is 10.2. The van der Waals surface area contributed by atoms with E-state index in [2.05, 4.69) is 20.7 Å². The molecule has 0 aliphatic rings. The van der Waals surface area contributed by atoms with Crippen molar-refractivity contribution in [3.8, 4) is 0 Å². The monoisotopic (exact) mass is 249 g/mol. The highest BCUT2D eigenvalue weighted by molar-refractivity contribution is 9.10. The molecular weight excluding hydrogens is 241 g/mol. The van der Waals surface area contributed by atoms with Crippen LogP contribution in [-0.2, 0) is 11.8 Å². The molecule has 1 aromatic rings. The van der Waals surface area contributed by atoms with Crippen LogP contribution in [0.15, 0.2) is 4.60 Å². The highest BCUT2D eigenvalue weighted by Gasteiger charge is 2.22. The van der Waals surface area contributed by atoms with Crippen LogP contribution < -0.4 is 0 Å². The summed E-state index contributed by atoms with van der Waals surface area (Å²) in [5, 5.41) is 0. The first-order valence-electron chi connectivity index (χ1n) is 3.59. The van der Waals surface area contributed by atoms with Gasteiger partial charge in [0.2, 0.25) is 0 Å². The summed E-state index contributed by atoms with van der Waals surface area (Å²) < 4.78 is 19.6. The van der Waals surface area contributed by atoms with Gasteiger partial charge in [-0.3, -0.25) is 0 Å². The van der Waals surface area contributed by atoms with Crippen LogP contribution in [0.1, 0.15) is 16.1 Å². The van der Waals surface area contributed by atoms with Gasteiger partial charge in [0.15, 0.2) is 5.82 Å². The third-order valence-corrected chi connectivity index (χ3v) is 2.83. The van der Waals surface area contributed by atoms with Crippen molar-refractivity contribution >= 4 is 21.9 Å². The van der Waals surface area contributed by atoms with E-state index in [4.69, 9.17) is 0 Å². The van der Waals surface area contributed by atoms with Crippen molar-refractivity contribution in [3.05, 3.63) is 21.7 Å². The maximum atomic E-state index is 13.4. The van der Waals surface area contributed by atoms with Gasteiger partial charge in [0.1, 0.15) is 10.2 Å². The van der Waals surface area contributed by atoms with E-state index in [1.165, 1.54) is 7.11 Å². The molecule has 0 unspecified atom stereocenters. The van der Waals surface area contributed by atoms with E-state index in [0.717, 1.165) is 0 Å². The fraction of sp³-hybridized carbons (Fsp3) is 0.375. The van der Waals surface area contributed by atoms with Crippen molar-refractivity contribution in [2.24, 2.45) is 7.05 Å². The zero-order valence-electron chi connectivity index (χ0n) is 7.52. The molecule has 0 fully saturated rings. The second kappa shape index (κ2) is 3.49. The maximum Gasteiger partial charge on any atom is 0.342 e.